The van der Waals surface area contributed by atoms with Crippen molar-refractivity contribution in [2.45, 2.75) is 6.04 Å². The molecule has 4 nitrogen and oxygen atoms in total. The monoisotopic (exact) mass is 268 g/mol. The van der Waals surface area contributed by atoms with Crippen molar-refractivity contribution in [1.82, 2.24) is 4.90 Å². The van der Waals surface area contributed by atoms with Crippen LogP contribution in [0.25, 0.3) is 0 Å². The Labute approximate surface area is 114 Å². The van der Waals surface area contributed by atoms with Crippen molar-refractivity contribution in [2.24, 2.45) is 0 Å². The normalized spacial score (nSPS) is 17.3. The highest BCUT2D eigenvalue weighted by Crippen LogP contribution is 2.23. The van der Waals surface area contributed by atoms with Gasteiger partial charge in [-0.25, -0.2) is 0 Å². The van der Waals surface area contributed by atoms with Gasteiger partial charge in [0, 0.05) is 13.1 Å². The molecule has 1 heterocycles. The minimum absolute atomic E-state index is 0. The molecular formula is C13H17ClN2O2. The Balaban J connectivity index is 0.00000162. The van der Waals surface area contributed by atoms with Crippen molar-refractivity contribution in [3.63, 3.8) is 0 Å². The molecule has 0 bridgehead atoms. The standard InChI is InChI=1S/C13H16N2O2.ClH/c1-16-12-4-2-11(3-5-12)13(10-14)15-6-8-17-9-7-15;/h2-5,13H,6-9H2,1H3;1H. The largest absolute Gasteiger partial charge is 0.497 e. The van der Waals surface area contributed by atoms with Crippen LogP contribution in [0.1, 0.15) is 11.6 Å². The van der Waals surface area contributed by atoms with Gasteiger partial charge in [-0.3, -0.25) is 4.90 Å². The fourth-order valence-corrected chi connectivity index (χ4v) is 1.99. The van der Waals surface area contributed by atoms with E-state index in [-0.39, 0.29) is 18.4 Å². The van der Waals surface area contributed by atoms with Gasteiger partial charge in [0.1, 0.15) is 11.8 Å². The molecule has 1 aromatic rings. The zero-order chi connectivity index (χ0) is 12.1. The Bertz CT molecular complexity index is 396. The zero-order valence-electron chi connectivity index (χ0n) is 10.3. The molecule has 0 saturated carbocycles. The maximum atomic E-state index is 9.29. The van der Waals surface area contributed by atoms with Gasteiger partial charge in [0.05, 0.1) is 26.4 Å². The van der Waals surface area contributed by atoms with Gasteiger partial charge in [-0.1, -0.05) is 12.1 Å². The molecule has 1 saturated heterocycles. The van der Waals surface area contributed by atoms with Gasteiger partial charge in [0.15, 0.2) is 0 Å². The lowest BCUT2D eigenvalue weighted by molar-refractivity contribution is 0.0266. The smallest absolute Gasteiger partial charge is 0.124 e. The summed E-state index contributed by atoms with van der Waals surface area (Å²) in [6.07, 6.45) is 0. The highest BCUT2D eigenvalue weighted by molar-refractivity contribution is 5.85. The van der Waals surface area contributed by atoms with Gasteiger partial charge >= 0.3 is 0 Å². The van der Waals surface area contributed by atoms with E-state index in [1.54, 1.807) is 7.11 Å². The second kappa shape index (κ2) is 7.22. The summed E-state index contributed by atoms with van der Waals surface area (Å²) in [6, 6.07) is 9.84. The van der Waals surface area contributed by atoms with E-state index in [9.17, 15) is 5.26 Å². The number of hydrogen-bond acceptors (Lipinski definition) is 4. The predicted octanol–water partition coefficient (Wildman–Crippen LogP) is 2.01. The van der Waals surface area contributed by atoms with Crippen LogP contribution in [0.2, 0.25) is 0 Å². The van der Waals surface area contributed by atoms with E-state index < -0.39 is 0 Å². The van der Waals surface area contributed by atoms with Crippen LogP contribution in [0.3, 0.4) is 0 Å². The minimum Gasteiger partial charge on any atom is -0.497 e. The topological polar surface area (TPSA) is 45.5 Å². The van der Waals surface area contributed by atoms with Crippen LogP contribution in [0, 0.1) is 11.3 Å². The quantitative estimate of drug-likeness (QED) is 0.841. The summed E-state index contributed by atoms with van der Waals surface area (Å²) in [7, 11) is 1.64. The van der Waals surface area contributed by atoms with Gasteiger partial charge in [-0.2, -0.15) is 5.26 Å². The van der Waals surface area contributed by atoms with Crippen LogP contribution in [-0.4, -0.2) is 38.3 Å². The van der Waals surface area contributed by atoms with Crippen molar-refractivity contribution in [2.75, 3.05) is 33.4 Å². The fourth-order valence-electron chi connectivity index (χ4n) is 1.99. The molecule has 2 rings (SSSR count). The summed E-state index contributed by atoms with van der Waals surface area (Å²) >= 11 is 0. The van der Waals surface area contributed by atoms with E-state index in [1.807, 2.05) is 24.3 Å². The molecule has 0 spiro atoms. The molecule has 1 unspecified atom stereocenters. The molecule has 0 amide bonds. The van der Waals surface area contributed by atoms with Crippen LogP contribution >= 0.6 is 12.4 Å². The first-order chi connectivity index (χ1) is 8.35. The second-order valence-corrected chi connectivity index (χ2v) is 3.95. The Morgan fingerprint density at radius 3 is 2.39 bits per heavy atom. The fraction of sp³-hybridized carbons (Fsp3) is 0.462. The van der Waals surface area contributed by atoms with E-state index >= 15 is 0 Å². The third-order valence-electron chi connectivity index (χ3n) is 2.96. The number of benzene rings is 1. The number of methoxy groups -OCH3 is 1. The minimum atomic E-state index is -0.190. The van der Waals surface area contributed by atoms with Crippen LogP contribution in [0.4, 0.5) is 0 Å². The number of halogens is 1. The summed E-state index contributed by atoms with van der Waals surface area (Å²) < 4.78 is 10.4. The lowest BCUT2D eigenvalue weighted by Gasteiger charge is -2.30. The van der Waals surface area contributed by atoms with Crippen molar-refractivity contribution in [3.05, 3.63) is 29.8 Å². The summed E-state index contributed by atoms with van der Waals surface area (Å²) in [6.45, 7) is 3.02. The van der Waals surface area contributed by atoms with Crippen LogP contribution in [0.5, 0.6) is 5.75 Å². The Hall–Kier alpha value is -1.28. The maximum absolute atomic E-state index is 9.29. The summed E-state index contributed by atoms with van der Waals surface area (Å²) in [5.74, 6) is 0.812. The molecule has 1 aromatic carbocycles. The Morgan fingerprint density at radius 1 is 1.28 bits per heavy atom. The van der Waals surface area contributed by atoms with Crippen LogP contribution in [-0.2, 0) is 4.74 Å². The van der Waals surface area contributed by atoms with E-state index in [0.717, 1.165) is 24.4 Å². The SMILES string of the molecule is COc1ccc(C(C#N)N2CCOCC2)cc1.Cl. The summed E-state index contributed by atoms with van der Waals surface area (Å²) in [5.41, 5.74) is 1.01. The van der Waals surface area contributed by atoms with Gasteiger partial charge in [-0.15, -0.1) is 12.4 Å². The van der Waals surface area contributed by atoms with Crippen molar-refractivity contribution in [3.8, 4) is 11.8 Å². The highest BCUT2D eigenvalue weighted by Gasteiger charge is 2.21. The van der Waals surface area contributed by atoms with E-state index in [0.29, 0.717) is 13.2 Å². The summed E-state index contributed by atoms with van der Waals surface area (Å²) in [5, 5.41) is 9.29. The first kappa shape index (κ1) is 14.8. The van der Waals surface area contributed by atoms with Crippen molar-refractivity contribution >= 4 is 12.4 Å². The lowest BCUT2D eigenvalue weighted by Crippen LogP contribution is -2.38. The molecule has 0 N–H and O–H groups in total. The van der Waals surface area contributed by atoms with Gasteiger partial charge < -0.3 is 9.47 Å². The molecule has 0 aliphatic carbocycles. The third kappa shape index (κ3) is 3.36. The van der Waals surface area contributed by atoms with Gasteiger partial charge in [-0.05, 0) is 17.7 Å². The molecule has 0 radical (unpaired) electrons. The first-order valence-corrected chi connectivity index (χ1v) is 5.70. The number of nitriles is 1. The first-order valence-electron chi connectivity index (χ1n) is 5.70. The second-order valence-electron chi connectivity index (χ2n) is 3.95. The number of rotatable bonds is 3. The number of morpholine rings is 1. The molecule has 1 fully saturated rings. The molecule has 5 heteroatoms. The molecule has 1 aliphatic rings. The van der Waals surface area contributed by atoms with Gasteiger partial charge in [0.25, 0.3) is 0 Å². The highest BCUT2D eigenvalue weighted by atomic mass is 35.5. The molecular weight excluding hydrogens is 252 g/mol. The third-order valence-corrected chi connectivity index (χ3v) is 2.96. The average Bonchev–Trinajstić information content (AvgIpc) is 2.42. The number of ether oxygens (including phenoxy) is 2. The summed E-state index contributed by atoms with van der Waals surface area (Å²) in [4.78, 5) is 2.14. The Morgan fingerprint density at radius 2 is 1.89 bits per heavy atom. The molecule has 1 aliphatic heterocycles. The predicted molar refractivity (Wildman–Crippen MR) is 71.0 cm³/mol. The van der Waals surface area contributed by atoms with Crippen molar-refractivity contribution in [1.29, 1.82) is 5.26 Å². The van der Waals surface area contributed by atoms with Crippen LogP contribution in [0.15, 0.2) is 24.3 Å². The Kier molecular flexibility index (Phi) is 5.93. The van der Waals surface area contributed by atoms with Gasteiger partial charge in [0.2, 0.25) is 0 Å². The van der Waals surface area contributed by atoms with E-state index in [2.05, 4.69) is 11.0 Å². The molecule has 18 heavy (non-hydrogen) atoms. The molecule has 1 atom stereocenters. The lowest BCUT2D eigenvalue weighted by atomic mass is 10.1. The number of hydrogen-bond donors (Lipinski definition) is 0. The molecule has 0 aromatic heterocycles. The van der Waals surface area contributed by atoms with E-state index in [1.165, 1.54) is 0 Å². The zero-order valence-corrected chi connectivity index (χ0v) is 11.2. The maximum Gasteiger partial charge on any atom is 0.124 e. The molecule has 98 valence electrons. The number of nitrogens with zero attached hydrogens (tertiary/aromatic N) is 2. The van der Waals surface area contributed by atoms with E-state index in [4.69, 9.17) is 9.47 Å². The van der Waals surface area contributed by atoms with Crippen molar-refractivity contribution < 1.29 is 9.47 Å². The van der Waals surface area contributed by atoms with Crippen LogP contribution < -0.4 is 4.74 Å². The average molecular weight is 269 g/mol.